The van der Waals surface area contributed by atoms with E-state index >= 15 is 0 Å². The number of aromatic nitrogens is 2. The third kappa shape index (κ3) is 2.13. The van der Waals surface area contributed by atoms with E-state index in [1.54, 1.807) is 0 Å². The first-order chi connectivity index (χ1) is 6.75. The Morgan fingerprint density at radius 2 is 2.50 bits per heavy atom. The molecule has 2 rings (SSSR count). The summed E-state index contributed by atoms with van der Waals surface area (Å²) in [6.45, 7) is 6.63. The number of rotatable bonds is 2. The van der Waals surface area contributed by atoms with Crippen molar-refractivity contribution in [1.82, 2.24) is 20.0 Å². The smallest absolute Gasteiger partial charge is 0.0534 e. The van der Waals surface area contributed by atoms with Gasteiger partial charge in [-0.15, -0.1) is 0 Å². The molecule has 1 unspecified atom stereocenters. The van der Waals surface area contributed by atoms with Gasteiger partial charge in [-0.25, -0.2) is 0 Å². The summed E-state index contributed by atoms with van der Waals surface area (Å²) < 4.78 is 1.86. The summed E-state index contributed by atoms with van der Waals surface area (Å²) in [7, 11) is 1.96. The minimum absolute atomic E-state index is 0.629. The quantitative estimate of drug-likeness (QED) is 0.731. The van der Waals surface area contributed by atoms with E-state index in [9.17, 15) is 0 Å². The summed E-state index contributed by atoms with van der Waals surface area (Å²) in [5, 5.41) is 7.57. The summed E-state index contributed by atoms with van der Waals surface area (Å²) in [4.78, 5) is 2.49. The molecule has 14 heavy (non-hydrogen) atoms. The molecule has 1 N–H and O–H groups in total. The highest BCUT2D eigenvalue weighted by atomic mass is 15.3. The van der Waals surface area contributed by atoms with Crippen LogP contribution in [0.15, 0.2) is 12.4 Å². The number of nitrogens with zero attached hydrogens (tertiary/aromatic N) is 3. The van der Waals surface area contributed by atoms with Crippen molar-refractivity contribution in [2.75, 3.05) is 19.6 Å². The highest BCUT2D eigenvalue weighted by Gasteiger charge is 2.17. The zero-order chi connectivity index (χ0) is 9.97. The van der Waals surface area contributed by atoms with Crippen LogP contribution in [0.2, 0.25) is 0 Å². The Kier molecular flexibility index (Phi) is 2.84. The van der Waals surface area contributed by atoms with Crippen LogP contribution in [0.1, 0.15) is 12.5 Å². The minimum Gasteiger partial charge on any atom is -0.314 e. The van der Waals surface area contributed by atoms with Crippen molar-refractivity contribution < 1.29 is 0 Å². The monoisotopic (exact) mass is 194 g/mol. The van der Waals surface area contributed by atoms with Crippen LogP contribution in [-0.2, 0) is 13.6 Å². The molecule has 0 aliphatic carbocycles. The summed E-state index contributed by atoms with van der Waals surface area (Å²) in [5.74, 6) is 0. The molecular formula is C10H18N4. The lowest BCUT2D eigenvalue weighted by molar-refractivity contribution is 0.165. The standard InChI is InChI=1S/C10H18N4/c1-9-5-11-3-4-14(9)8-10-6-12-13(2)7-10/h6-7,9,11H,3-5,8H2,1-2H3. The molecule has 4 heteroatoms. The second-order valence-corrected chi connectivity index (χ2v) is 4.05. The number of hydrogen-bond donors (Lipinski definition) is 1. The molecule has 1 atom stereocenters. The Bertz CT molecular complexity index is 294. The molecule has 0 radical (unpaired) electrons. The Morgan fingerprint density at radius 1 is 1.64 bits per heavy atom. The molecule has 0 amide bonds. The van der Waals surface area contributed by atoms with E-state index in [1.807, 2.05) is 17.9 Å². The minimum atomic E-state index is 0.629. The highest BCUT2D eigenvalue weighted by molar-refractivity contribution is 5.04. The van der Waals surface area contributed by atoms with Crippen molar-refractivity contribution in [3.8, 4) is 0 Å². The molecule has 0 saturated carbocycles. The Morgan fingerprint density at radius 3 is 3.14 bits per heavy atom. The topological polar surface area (TPSA) is 33.1 Å². The van der Waals surface area contributed by atoms with E-state index in [0.717, 1.165) is 26.2 Å². The van der Waals surface area contributed by atoms with Crippen molar-refractivity contribution in [1.29, 1.82) is 0 Å². The maximum Gasteiger partial charge on any atom is 0.0534 e. The van der Waals surface area contributed by atoms with Gasteiger partial charge in [0.15, 0.2) is 0 Å². The van der Waals surface area contributed by atoms with E-state index in [1.165, 1.54) is 5.56 Å². The van der Waals surface area contributed by atoms with Crippen molar-refractivity contribution in [3.63, 3.8) is 0 Å². The van der Waals surface area contributed by atoms with Gasteiger partial charge < -0.3 is 5.32 Å². The Hall–Kier alpha value is -0.870. The summed E-state index contributed by atoms with van der Waals surface area (Å²) in [5.41, 5.74) is 1.31. The lowest BCUT2D eigenvalue weighted by Crippen LogP contribution is -2.49. The van der Waals surface area contributed by atoms with E-state index < -0.39 is 0 Å². The molecule has 0 spiro atoms. The fraction of sp³-hybridized carbons (Fsp3) is 0.700. The zero-order valence-corrected chi connectivity index (χ0v) is 8.90. The molecule has 2 heterocycles. The highest BCUT2D eigenvalue weighted by Crippen LogP contribution is 2.08. The maximum absolute atomic E-state index is 4.18. The van der Waals surface area contributed by atoms with Gasteiger partial charge in [0.2, 0.25) is 0 Å². The molecule has 1 aliphatic rings. The molecule has 1 aromatic rings. The maximum atomic E-state index is 4.18. The number of aryl methyl sites for hydroxylation is 1. The fourth-order valence-corrected chi connectivity index (χ4v) is 1.91. The SMILES string of the molecule is CC1CNCCN1Cc1cnn(C)c1. The first-order valence-electron chi connectivity index (χ1n) is 5.18. The van der Waals surface area contributed by atoms with Gasteiger partial charge in [0, 0.05) is 51.0 Å². The van der Waals surface area contributed by atoms with Crippen molar-refractivity contribution >= 4 is 0 Å². The van der Waals surface area contributed by atoms with Crippen LogP contribution in [0.25, 0.3) is 0 Å². The zero-order valence-electron chi connectivity index (χ0n) is 8.90. The number of nitrogens with one attached hydrogen (secondary N) is 1. The van der Waals surface area contributed by atoms with Gasteiger partial charge in [-0.2, -0.15) is 5.10 Å². The third-order valence-corrected chi connectivity index (χ3v) is 2.78. The van der Waals surface area contributed by atoms with Crippen LogP contribution in [0.3, 0.4) is 0 Å². The van der Waals surface area contributed by atoms with Crippen LogP contribution in [-0.4, -0.2) is 40.4 Å². The summed E-state index contributed by atoms with van der Waals surface area (Å²) >= 11 is 0. The average Bonchev–Trinajstić information content (AvgIpc) is 2.56. The molecule has 0 aromatic carbocycles. The van der Waals surface area contributed by atoms with Gasteiger partial charge >= 0.3 is 0 Å². The first kappa shape index (κ1) is 9.68. The van der Waals surface area contributed by atoms with Crippen LogP contribution >= 0.6 is 0 Å². The Balaban J connectivity index is 1.95. The molecule has 1 aliphatic heterocycles. The van der Waals surface area contributed by atoms with Gasteiger partial charge in [-0.05, 0) is 6.92 Å². The predicted octanol–water partition coefficient (Wildman–Crippen LogP) is 0.214. The lowest BCUT2D eigenvalue weighted by Gasteiger charge is -2.33. The van der Waals surface area contributed by atoms with Gasteiger partial charge in [0.05, 0.1) is 6.20 Å². The first-order valence-corrected chi connectivity index (χ1v) is 5.18. The van der Waals surface area contributed by atoms with Crippen LogP contribution in [0.4, 0.5) is 0 Å². The Labute approximate surface area is 84.9 Å². The second kappa shape index (κ2) is 4.11. The van der Waals surface area contributed by atoms with E-state index in [0.29, 0.717) is 6.04 Å². The number of hydrogen-bond acceptors (Lipinski definition) is 3. The molecule has 0 bridgehead atoms. The molecular weight excluding hydrogens is 176 g/mol. The van der Waals surface area contributed by atoms with E-state index in [4.69, 9.17) is 0 Å². The van der Waals surface area contributed by atoms with Gasteiger partial charge in [0.25, 0.3) is 0 Å². The fourth-order valence-electron chi connectivity index (χ4n) is 1.91. The van der Waals surface area contributed by atoms with Crippen molar-refractivity contribution in [2.24, 2.45) is 7.05 Å². The van der Waals surface area contributed by atoms with Gasteiger partial charge in [0.1, 0.15) is 0 Å². The van der Waals surface area contributed by atoms with Crippen molar-refractivity contribution in [2.45, 2.75) is 19.5 Å². The van der Waals surface area contributed by atoms with E-state index in [2.05, 4.69) is 28.4 Å². The van der Waals surface area contributed by atoms with Crippen LogP contribution in [0, 0.1) is 0 Å². The largest absolute Gasteiger partial charge is 0.314 e. The van der Waals surface area contributed by atoms with Crippen molar-refractivity contribution in [3.05, 3.63) is 18.0 Å². The normalized spacial score (nSPS) is 24.0. The number of piperazine rings is 1. The molecule has 4 nitrogen and oxygen atoms in total. The molecule has 1 saturated heterocycles. The molecule has 78 valence electrons. The summed E-state index contributed by atoms with van der Waals surface area (Å²) in [6.07, 6.45) is 4.05. The van der Waals surface area contributed by atoms with Gasteiger partial charge in [-0.3, -0.25) is 9.58 Å². The molecule has 1 aromatic heterocycles. The van der Waals surface area contributed by atoms with Crippen LogP contribution < -0.4 is 5.32 Å². The predicted molar refractivity (Wildman–Crippen MR) is 55.9 cm³/mol. The third-order valence-electron chi connectivity index (χ3n) is 2.78. The van der Waals surface area contributed by atoms with Gasteiger partial charge in [-0.1, -0.05) is 0 Å². The van der Waals surface area contributed by atoms with E-state index in [-0.39, 0.29) is 0 Å². The second-order valence-electron chi connectivity index (χ2n) is 4.05. The average molecular weight is 194 g/mol. The molecule has 1 fully saturated rings. The lowest BCUT2D eigenvalue weighted by atomic mass is 10.2. The van der Waals surface area contributed by atoms with Crippen LogP contribution in [0.5, 0.6) is 0 Å². The summed E-state index contributed by atoms with van der Waals surface area (Å²) in [6, 6.07) is 0.629.